The van der Waals surface area contributed by atoms with Crippen molar-refractivity contribution in [2.45, 2.75) is 38.5 Å². The zero-order valence-corrected chi connectivity index (χ0v) is 35.3. The molecule has 62 heavy (non-hydrogen) atoms. The third-order valence-corrected chi connectivity index (χ3v) is 15.4. The molecule has 0 amide bonds. The molecule has 0 unspecified atom stereocenters. The van der Waals surface area contributed by atoms with Gasteiger partial charge in [0.25, 0.3) is 0 Å². The van der Waals surface area contributed by atoms with E-state index in [4.69, 9.17) is 0 Å². The van der Waals surface area contributed by atoms with Crippen LogP contribution < -0.4 is 0 Å². The predicted molar refractivity (Wildman–Crippen MR) is 262 cm³/mol. The van der Waals surface area contributed by atoms with Crippen molar-refractivity contribution >= 4 is 21.5 Å². The van der Waals surface area contributed by atoms with Crippen molar-refractivity contribution in [3.05, 3.63) is 204 Å². The molecule has 0 atom stereocenters. The molecule has 10 aromatic rings. The number of hydrogen-bond donors (Lipinski definition) is 0. The molecule has 290 valence electrons. The zero-order chi connectivity index (χ0) is 41.2. The average Bonchev–Trinajstić information content (AvgIpc) is 3.96. The zero-order valence-electron chi connectivity index (χ0n) is 35.3. The largest absolute Gasteiger partial charge is 0.0610 e. The maximum Gasteiger partial charge on any atom is 0.0159 e. The molecule has 0 aromatic heterocycles. The minimum atomic E-state index is -0.134. The SMILES string of the molecule is CC1(C)c2cc(-c3ccc4c(c3)-c3cccc5cccc-4c35)ccc2-c2ccc(-c3ccc4c(c3)C(C)(C)c3cc(-c5ccc6c(c5)-c5cccc7cccc-6c57)ccc3-4)cc21. The molecule has 10 aromatic carbocycles. The van der Waals surface area contributed by atoms with Gasteiger partial charge in [0.05, 0.1) is 0 Å². The van der Waals surface area contributed by atoms with Gasteiger partial charge in [-0.2, -0.15) is 0 Å². The molecule has 0 aliphatic heterocycles. The highest BCUT2D eigenvalue weighted by atomic mass is 14.4. The number of fused-ring (bicyclic) bond motifs is 12. The van der Waals surface area contributed by atoms with E-state index in [-0.39, 0.29) is 10.8 Å². The van der Waals surface area contributed by atoms with E-state index in [2.05, 4.69) is 210 Å². The maximum atomic E-state index is 2.48. The van der Waals surface area contributed by atoms with Crippen LogP contribution in [-0.4, -0.2) is 0 Å². The summed E-state index contributed by atoms with van der Waals surface area (Å²) in [4.78, 5) is 0. The second-order valence-electron chi connectivity index (χ2n) is 19.2. The molecule has 0 fully saturated rings. The summed E-state index contributed by atoms with van der Waals surface area (Å²) in [6, 6.07) is 69.7. The second-order valence-corrected chi connectivity index (χ2v) is 19.2. The first-order valence-corrected chi connectivity index (χ1v) is 22.2. The lowest BCUT2D eigenvalue weighted by Crippen LogP contribution is -2.15. The number of rotatable bonds is 3. The Balaban J connectivity index is 0.788. The number of hydrogen-bond acceptors (Lipinski definition) is 0. The average molecular weight is 787 g/mol. The predicted octanol–water partition coefficient (Wildman–Crippen LogP) is 16.9. The van der Waals surface area contributed by atoms with Crippen LogP contribution in [0.2, 0.25) is 0 Å². The fourth-order valence-electron chi connectivity index (χ4n) is 12.1. The molecular formula is C62H42. The van der Waals surface area contributed by atoms with Crippen molar-refractivity contribution in [2.24, 2.45) is 0 Å². The molecule has 0 bridgehead atoms. The lowest BCUT2D eigenvalue weighted by Gasteiger charge is -2.24. The van der Waals surface area contributed by atoms with Crippen LogP contribution in [0.1, 0.15) is 49.9 Å². The molecule has 0 saturated carbocycles. The van der Waals surface area contributed by atoms with Crippen LogP contribution in [0.5, 0.6) is 0 Å². The Morgan fingerprint density at radius 2 is 0.484 bits per heavy atom. The van der Waals surface area contributed by atoms with Crippen molar-refractivity contribution in [1.29, 1.82) is 0 Å². The Morgan fingerprint density at radius 3 is 0.790 bits per heavy atom. The highest BCUT2D eigenvalue weighted by Crippen LogP contribution is 2.55. The van der Waals surface area contributed by atoms with Crippen molar-refractivity contribution < 1.29 is 0 Å². The fraction of sp³-hybridized carbons (Fsp3) is 0.0968. The van der Waals surface area contributed by atoms with Crippen LogP contribution in [0.4, 0.5) is 0 Å². The summed E-state index contributed by atoms with van der Waals surface area (Å²) in [6.07, 6.45) is 0. The van der Waals surface area contributed by atoms with Crippen LogP contribution in [0.25, 0.3) is 122 Å². The molecule has 0 radical (unpaired) electrons. The van der Waals surface area contributed by atoms with E-state index >= 15 is 0 Å². The smallest absolute Gasteiger partial charge is 0.0159 e. The van der Waals surface area contributed by atoms with Crippen molar-refractivity contribution in [2.75, 3.05) is 0 Å². The van der Waals surface area contributed by atoms with Gasteiger partial charge in [-0.1, -0.05) is 173 Å². The topological polar surface area (TPSA) is 0 Å². The minimum Gasteiger partial charge on any atom is -0.0610 e. The molecule has 0 heterocycles. The van der Waals surface area contributed by atoms with Gasteiger partial charge in [0, 0.05) is 10.8 Å². The van der Waals surface area contributed by atoms with Gasteiger partial charge in [-0.25, -0.2) is 0 Å². The lowest BCUT2D eigenvalue weighted by atomic mass is 9.79. The number of benzene rings is 10. The second kappa shape index (κ2) is 11.8. The van der Waals surface area contributed by atoms with Gasteiger partial charge < -0.3 is 0 Å². The third-order valence-electron chi connectivity index (χ3n) is 15.4. The summed E-state index contributed by atoms with van der Waals surface area (Å²) in [5, 5.41) is 5.39. The third kappa shape index (κ3) is 4.42. The van der Waals surface area contributed by atoms with Crippen molar-refractivity contribution in [3.63, 3.8) is 0 Å². The van der Waals surface area contributed by atoms with E-state index in [9.17, 15) is 0 Å². The highest BCUT2D eigenvalue weighted by Gasteiger charge is 2.38. The Bertz CT molecular complexity index is 3430. The van der Waals surface area contributed by atoms with E-state index < -0.39 is 0 Å². The van der Waals surface area contributed by atoms with Crippen LogP contribution >= 0.6 is 0 Å². The maximum absolute atomic E-state index is 2.48. The van der Waals surface area contributed by atoms with Gasteiger partial charge in [0.2, 0.25) is 0 Å². The summed E-state index contributed by atoms with van der Waals surface area (Å²) in [7, 11) is 0. The van der Waals surface area contributed by atoms with Crippen LogP contribution in [0, 0.1) is 0 Å². The Kier molecular flexibility index (Phi) is 6.53. The first-order chi connectivity index (χ1) is 30.2. The summed E-state index contributed by atoms with van der Waals surface area (Å²) >= 11 is 0. The summed E-state index contributed by atoms with van der Waals surface area (Å²) < 4.78 is 0. The summed E-state index contributed by atoms with van der Waals surface area (Å²) in [6.45, 7) is 9.63. The Labute approximate surface area is 362 Å². The van der Waals surface area contributed by atoms with Gasteiger partial charge in [-0.15, -0.1) is 0 Å². The molecule has 14 rings (SSSR count). The van der Waals surface area contributed by atoms with Crippen molar-refractivity contribution in [3.8, 4) is 100 Å². The molecule has 4 aliphatic rings. The molecule has 0 heteroatoms. The highest BCUT2D eigenvalue weighted by molar-refractivity contribution is 6.17. The van der Waals surface area contributed by atoms with Crippen molar-refractivity contribution in [1.82, 2.24) is 0 Å². The van der Waals surface area contributed by atoms with Gasteiger partial charge in [0.1, 0.15) is 0 Å². The Hall–Kier alpha value is -7.28. The first kappa shape index (κ1) is 34.4. The molecular weight excluding hydrogens is 745 g/mol. The van der Waals surface area contributed by atoms with Gasteiger partial charge in [0.15, 0.2) is 0 Å². The van der Waals surface area contributed by atoms with Crippen LogP contribution in [0.3, 0.4) is 0 Å². The van der Waals surface area contributed by atoms with E-state index in [1.807, 2.05) is 0 Å². The quantitative estimate of drug-likeness (QED) is 0.167. The summed E-state index contributed by atoms with van der Waals surface area (Å²) in [5.41, 5.74) is 29.2. The molecule has 0 nitrogen and oxygen atoms in total. The van der Waals surface area contributed by atoms with E-state index in [1.54, 1.807) is 0 Å². The molecule has 0 spiro atoms. The van der Waals surface area contributed by atoms with Gasteiger partial charge >= 0.3 is 0 Å². The molecule has 0 saturated heterocycles. The van der Waals surface area contributed by atoms with E-state index in [0.29, 0.717) is 0 Å². The van der Waals surface area contributed by atoms with E-state index in [0.717, 1.165) is 0 Å². The Morgan fingerprint density at radius 1 is 0.226 bits per heavy atom. The van der Waals surface area contributed by atoms with Crippen LogP contribution in [0.15, 0.2) is 182 Å². The summed E-state index contributed by atoms with van der Waals surface area (Å²) in [5.74, 6) is 0. The fourth-order valence-corrected chi connectivity index (χ4v) is 12.1. The molecule has 4 aliphatic carbocycles. The standard InChI is InChI=1S/C62H42/c1-61(2)55-31-39(37-17-23-43-49-13-5-9-35-11-7-15-51(59(35)49)53(43)29-37)19-25-45(55)47-27-21-41(33-57(47)61)42-22-28-48-46-26-20-40(32-56(46)62(3,4)58(48)34-42)38-18-24-44-50-14-6-10-36-12-8-16-52(60(36)50)54(44)30-38/h5-34H,1-4H3. The van der Waals surface area contributed by atoms with Crippen LogP contribution in [-0.2, 0) is 10.8 Å². The normalized spacial score (nSPS) is 14.7. The lowest BCUT2D eigenvalue weighted by molar-refractivity contribution is 0.660. The first-order valence-electron chi connectivity index (χ1n) is 22.2. The molecule has 0 N–H and O–H groups in total. The minimum absolute atomic E-state index is 0.134. The van der Waals surface area contributed by atoms with Gasteiger partial charge in [-0.05, 0) is 180 Å². The van der Waals surface area contributed by atoms with E-state index in [1.165, 1.54) is 144 Å². The monoisotopic (exact) mass is 786 g/mol. The van der Waals surface area contributed by atoms with Gasteiger partial charge in [-0.3, -0.25) is 0 Å².